The zero-order valence-electron chi connectivity index (χ0n) is 13.4. The van der Waals surface area contributed by atoms with Crippen LogP contribution in [0.2, 0.25) is 0 Å². The molecule has 0 radical (unpaired) electrons. The first-order valence-corrected chi connectivity index (χ1v) is 8.11. The largest absolute Gasteiger partial charge is 0.464 e. The second-order valence-corrected chi connectivity index (χ2v) is 5.23. The summed E-state index contributed by atoms with van der Waals surface area (Å²) in [6.07, 6.45) is 1.70. The average molecular weight is 363 g/mol. The first-order valence-electron chi connectivity index (χ1n) is 7.30. The van der Waals surface area contributed by atoms with Crippen molar-refractivity contribution in [3.8, 4) is 0 Å². The molecule has 8 heteroatoms. The number of benzene rings is 1. The number of hydrogen-bond donors (Lipinski definition) is 1. The van der Waals surface area contributed by atoms with Crippen molar-refractivity contribution in [2.75, 3.05) is 6.61 Å². The van der Waals surface area contributed by atoms with Gasteiger partial charge >= 0.3 is 5.97 Å². The maximum absolute atomic E-state index is 12.3. The van der Waals surface area contributed by atoms with Gasteiger partial charge in [0, 0.05) is 5.56 Å². The maximum Gasteiger partial charge on any atom is 0.328 e. The standard InChI is InChI=1S/C16H17N3O3S2/c1-3-4-5-22-16(21)11(2)19-15(20)12-6-13(17-9-23)8-14(7-12)18-10-24/h6-8,11H,3-5H2,1-2H3,(H,19,20). The maximum atomic E-state index is 12.3. The molecule has 0 aliphatic heterocycles. The number of nitrogens with zero attached hydrogens (tertiary/aromatic N) is 2. The van der Waals surface area contributed by atoms with E-state index in [1.165, 1.54) is 12.1 Å². The van der Waals surface area contributed by atoms with Gasteiger partial charge in [-0.2, -0.15) is 9.98 Å². The summed E-state index contributed by atoms with van der Waals surface area (Å²) >= 11 is 9.12. The van der Waals surface area contributed by atoms with Gasteiger partial charge in [-0.3, -0.25) is 4.79 Å². The second-order valence-electron chi connectivity index (χ2n) is 4.86. The van der Waals surface area contributed by atoms with Crippen LogP contribution in [0.15, 0.2) is 28.2 Å². The number of rotatable bonds is 8. The molecule has 0 spiro atoms. The van der Waals surface area contributed by atoms with Gasteiger partial charge in [-0.05, 0) is 56.0 Å². The first kappa shape index (κ1) is 19.8. The van der Waals surface area contributed by atoms with Crippen LogP contribution in [0.5, 0.6) is 0 Å². The molecule has 0 aliphatic rings. The van der Waals surface area contributed by atoms with E-state index in [9.17, 15) is 9.59 Å². The molecule has 0 aliphatic carbocycles. The molecule has 126 valence electrons. The third-order valence-corrected chi connectivity index (χ3v) is 3.14. The number of unbranched alkanes of at least 4 members (excludes halogenated alkanes) is 1. The highest BCUT2D eigenvalue weighted by Crippen LogP contribution is 2.23. The van der Waals surface area contributed by atoms with Crippen molar-refractivity contribution in [3.05, 3.63) is 23.8 Å². The van der Waals surface area contributed by atoms with Crippen LogP contribution in [0, 0.1) is 0 Å². The molecule has 6 nitrogen and oxygen atoms in total. The Kier molecular flexibility index (Phi) is 8.68. The molecule has 0 aromatic heterocycles. The molecule has 0 fully saturated rings. The van der Waals surface area contributed by atoms with Crippen molar-refractivity contribution in [1.82, 2.24) is 5.32 Å². The number of thiocarbonyl (C=S) groups is 2. The SMILES string of the molecule is CCCCOC(=O)C(C)NC(=O)c1cc(N=C=S)cc(N=C=S)c1. The van der Waals surface area contributed by atoms with Gasteiger partial charge in [0.05, 0.1) is 28.3 Å². The number of amides is 1. The van der Waals surface area contributed by atoms with Crippen LogP contribution in [0.1, 0.15) is 37.0 Å². The lowest BCUT2D eigenvalue weighted by molar-refractivity contribution is -0.145. The van der Waals surface area contributed by atoms with Gasteiger partial charge in [0.25, 0.3) is 5.91 Å². The summed E-state index contributed by atoms with van der Waals surface area (Å²) in [5.41, 5.74) is 1.07. The van der Waals surface area contributed by atoms with Crippen LogP contribution in [0.4, 0.5) is 11.4 Å². The van der Waals surface area contributed by atoms with E-state index in [-0.39, 0.29) is 5.56 Å². The molecule has 1 aromatic carbocycles. The van der Waals surface area contributed by atoms with Crippen molar-refractivity contribution < 1.29 is 14.3 Å². The predicted molar refractivity (Wildman–Crippen MR) is 98.6 cm³/mol. The molecule has 0 saturated heterocycles. The average Bonchev–Trinajstić information content (AvgIpc) is 2.55. The third kappa shape index (κ3) is 6.48. The van der Waals surface area contributed by atoms with Crippen LogP contribution in [-0.4, -0.2) is 34.8 Å². The highest BCUT2D eigenvalue weighted by Gasteiger charge is 2.18. The number of nitrogens with one attached hydrogen (secondary N) is 1. The van der Waals surface area contributed by atoms with E-state index in [2.05, 4.69) is 50.1 Å². The summed E-state index contributed by atoms with van der Waals surface area (Å²) in [7, 11) is 0. The molecule has 0 bridgehead atoms. The Labute approximate surface area is 151 Å². The molecule has 1 rings (SSSR count). The third-order valence-electron chi connectivity index (χ3n) is 2.96. The minimum atomic E-state index is -0.774. The van der Waals surface area contributed by atoms with Gasteiger partial charge < -0.3 is 10.1 Å². The summed E-state index contributed by atoms with van der Waals surface area (Å²) in [6.45, 7) is 3.89. The Balaban J connectivity index is 2.88. The Morgan fingerprint density at radius 1 is 1.21 bits per heavy atom. The van der Waals surface area contributed by atoms with E-state index in [4.69, 9.17) is 4.74 Å². The first-order chi connectivity index (χ1) is 11.5. The number of esters is 1. The number of ether oxygens (including phenoxy) is 1. The number of carbonyl (C=O) groups is 2. The zero-order valence-corrected chi connectivity index (χ0v) is 15.0. The van der Waals surface area contributed by atoms with Crippen molar-refractivity contribution in [2.45, 2.75) is 32.7 Å². The number of aliphatic imine (C=N–C) groups is 2. The summed E-state index contributed by atoms with van der Waals surface area (Å²) < 4.78 is 5.07. The van der Waals surface area contributed by atoms with E-state index in [1.54, 1.807) is 13.0 Å². The molecule has 0 saturated carbocycles. The smallest absolute Gasteiger partial charge is 0.328 e. The lowest BCUT2D eigenvalue weighted by Gasteiger charge is -2.13. The molecule has 1 unspecified atom stereocenters. The van der Waals surface area contributed by atoms with Gasteiger partial charge in [-0.1, -0.05) is 13.3 Å². The molecule has 1 N–H and O–H groups in total. The Morgan fingerprint density at radius 3 is 2.29 bits per heavy atom. The highest BCUT2D eigenvalue weighted by molar-refractivity contribution is 7.78. The fourth-order valence-electron chi connectivity index (χ4n) is 1.74. The van der Waals surface area contributed by atoms with Crippen molar-refractivity contribution in [2.24, 2.45) is 9.98 Å². The van der Waals surface area contributed by atoms with E-state index in [0.29, 0.717) is 18.0 Å². The predicted octanol–water partition coefficient (Wildman–Crippen LogP) is 3.62. The van der Waals surface area contributed by atoms with Gasteiger partial charge in [-0.25, -0.2) is 4.79 Å². The van der Waals surface area contributed by atoms with Gasteiger partial charge in [0.2, 0.25) is 0 Å². The molecule has 1 aromatic rings. The quantitative estimate of drug-likeness (QED) is 0.330. The molecular formula is C16H17N3O3S2. The fourth-order valence-corrected chi connectivity index (χ4v) is 1.95. The van der Waals surface area contributed by atoms with Crippen LogP contribution >= 0.6 is 24.4 Å². The monoisotopic (exact) mass is 363 g/mol. The van der Waals surface area contributed by atoms with E-state index in [1.807, 2.05) is 6.92 Å². The molecular weight excluding hydrogens is 346 g/mol. The topological polar surface area (TPSA) is 80.1 Å². The summed E-state index contributed by atoms with van der Waals surface area (Å²) in [5, 5.41) is 7.01. The number of isothiocyanates is 2. The van der Waals surface area contributed by atoms with Crippen LogP contribution < -0.4 is 5.32 Å². The summed E-state index contributed by atoms with van der Waals surface area (Å²) in [4.78, 5) is 31.8. The van der Waals surface area contributed by atoms with Crippen molar-refractivity contribution in [3.63, 3.8) is 0 Å². The minimum absolute atomic E-state index is 0.263. The Morgan fingerprint density at radius 2 is 1.79 bits per heavy atom. The van der Waals surface area contributed by atoms with Crippen LogP contribution in [0.25, 0.3) is 0 Å². The lowest BCUT2D eigenvalue weighted by atomic mass is 10.1. The van der Waals surface area contributed by atoms with Gasteiger partial charge in [0.15, 0.2) is 0 Å². The van der Waals surface area contributed by atoms with Crippen LogP contribution in [0.3, 0.4) is 0 Å². The summed E-state index contributed by atoms with van der Waals surface area (Å²) in [6, 6.07) is 3.82. The van der Waals surface area contributed by atoms with E-state index >= 15 is 0 Å². The second kappa shape index (κ2) is 10.5. The fraction of sp³-hybridized carbons (Fsp3) is 0.375. The zero-order chi connectivity index (χ0) is 17.9. The minimum Gasteiger partial charge on any atom is -0.464 e. The highest BCUT2D eigenvalue weighted by atomic mass is 32.1. The van der Waals surface area contributed by atoms with Crippen molar-refractivity contribution >= 4 is 58.0 Å². The van der Waals surface area contributed by atoms with Gasteiger partial charge in [-0.15, -0.1) is 0 Å². The molecule has 24 heavy (non-hydrogen) atoms. The Bertz CT molecular complexity index is 672. The normalized spacial score (nSPS) is 10.8. The Hall–Kier alpha value is -2.24. The molecule has 1 amide bonds. The molecule has 0 heterocycles. The van der Waals surface area contributed by atoms with E-state index < -0.39 is 17.9 Å². The van der Waals surface area contributed by atoms with Crippen LogP contribution in [-0.2, 0) is 9.53 Å². The van der Waals surface area contributed by atoms with E-state index in [0.717, 1.165) is 12.8 Å². The van der Waals surface area contributed by atoms with Gasteiger partial charge in [0.1, 0.15) is 6.04 Å². The molecule has 1 atom stereocenters. The lowest BCUT2D eigenvalue weighted by Crippen LogP contribution is -2.39. The summed E-state index contributed by atoms with van der Waals surface area (Å²) in [5.74, 6) is -0.945. The van der Waals surface area contributed by atoms with Crippen molar-refractivity contribution in [1.29, 1.82) is 0 Å². The number of carbonyl (C=O) groups excluding carboxylic acids is 2. The number of hydrogen-bond acceptors (Lipinski definition) is 7.